The molecule has 1 amide bonds. The maximum absolute atomic E-state index is 12.2. The minimum absolute atomic E-state index is 0.0267. The molecule has 0 aliphatic heterocycles. The molecule has 3 rings (SSSR count). The molecule has 0 atom stereocenters. The molecule has 0 aliphatic carbocycles. The number of amides is 1. The smallest absolute Gasteiger partial charge is 0.230 e. The van der Waals surface area contributed by atoms with E-state index in [0.29, 0.717) is 30.7 Å². The van der Waals surface area contributed by atoms with E-state index in [-0.39, 0.29) is 11.7 Å². The number of allylic oxidation sites excluding steroid dienone is 1. The number of benzene rings is 2. The van der Waals surface area contributed by atoms with Crippen LogP contribution >= 0.6 is 11.8 Å². The molecule has 0 fully saturated rings. The maximum atomic E-state index is 12.2. The van der Waals surface area contributed by atoms with E-state index in [9.17, 15) is 4.79 Å². The SMILES string of the molecule is C=CCn1c(COc2ccccc2)nnc1SCC(=O)NCCc1ccccc1. The van der Waals surface area contributed by atoms with Gasteiger partial charge in [0, 0.05) is 13.1 Å². The molecule has 3 aromatic rings. The normalized spacial score (nSPS) is 10.5. The fourth-order valence-corrected chi connectivity index (χ4v) is 3.48. The lowest BCUT2D eigenvalue weighted by Crippen LogP contribution is -2.27. The summed E-state index contributed by atoms with van der Waals surface area (Å²) >= 11 is 1.36. The molecule has 150 valence electrons. The number of hydrogen-bond acceptors (Lipinski definition) is 5. The zero-order chi connectivity index (χ0) is 20.3. The highest BCUT2D eigenvalue weighted by molar-refractivity contribution is 7.99. The van der Waals surface area contributed by atoms with Crippen molar-refractivity contribution < 1.29 is 9.53 Å². The van der Waals surface area contributed by atoms with Crippen molar-refractivity contribution in [1.82, 2.24) is 20.1 Å². The van der Waals surface area contributed by atoms with E-state index in [2.05, 4.69) is 34.2 Å². The number of nitrogens with zero attached hydrogens (tertiary/aromatic N) is 3. The molecular weight excluding hydrogens is 384 g/mol. The molecule has 1 aromatic heterocycles. The predicted molar refractivity (Wildman–Crippen MR) is 115 cm³/mol. The van der Waals surface area contributed by atoms with Gasteiger partial charge in [-0.2, -0.15) is 0 Å². The number of carbonyl (C=O) groups is 1. The number of ether oxygens (including phenoxy) is 1. The molecule has 0 spiro atoms. The van der Waals surface area contributed by atoms with Crippen LogP contribution in [0.4, 0.5) is 0 Å². The van der Waals surface area contributed by atoms with Crippen molar-refractivity contribution in [2.24, 2.45) is 0 Å². The molecule has 6 nitrogen and oxygen atoms in total. The molecule has 2 aromatic carbocycles. The Bertz CT molecular complexity index is 913. The number of aromatic nitrogens is 3. The summed E-state index contributed by atoms with van der Waals surface area (Å²) in [7, 11) is 0. The van der Waals surface area contributed by atoms with Gasteiger partial charge < -0.3 is 10.1 Å². The second-order valence-corrected chi connectivity index (χ2v) is 7.22. The van der Waals surface area contributed by atoms with Crippen molar-refractivity contribution in [3.8, 4) is 5.75 Å². The standard InChI is InChI=1S/C22H24N4O2S/c1-2-15-26-20(16-28-19-11-7-4-8-12-19)24-25-22(26)29-17-21(27)23-14-13-18-9-5-3-6-10-18/h2-12H,1,13-17H2,(H,23,27). The van der Waals surface area contributed by atoms with E-state index >= 15 is 0 Å². The summed E-state index contributed by atoms with van der Waals surface area (Å²) < 4.78 is 7.68. The number of hydrogen-bond donors (Lipinski definition) is 1. The van der Waals surface area contributed by atoms with E-state index in [1.807, 2.05) is 53.1 Å². The van der Waals surface area contributed by atoms with Crippen LogP contribution in [0, 0.1) is 0 Å². The Morgan fingerprint density at radius 3 is 2.55 bits per heavy atom. The van der Waals surface area contributed by atoms with Crippen molar-refractivity contribution in [1.29, 1.82) is 0 Å². The number of para-hydroxylation sites is 1. The average molecular weight is 409 g/mol. The van der Waals surface area contributed by atoms with E-state index in [0.717, 1.165) is 12.2 Å². The zero-order valence-corrected chi connectivity index (χ0v) is 17.0. The molecule has 0 aliphatic rings. The molecule has 1 N–H and O–H groups in total. The lowest BCUT2D eigenvalue weighted by Gasteiger charge is -2.09. The summed E-state index contributed by atoms with van der Waals surface area (Å²) in [4.78, 5) is 12.2. The van der Waals surface area contributed by atoms with Gasteiger partial charge in [0.15, 0.2) is 11.0 Å². The van der Waals surface area contributed by atoms with E-state index < -0.39 is 0 Å². The minimum atomic E-state index is -0.0267. The van der Waals surface area contributed by atoms with Gasteiger partial charge in [0.2, 0.25) is 5.91 Å². The summed E-state index contributed by atoms with van der Waals surface area (Å²) in [6, 6.07) is 19.6. The molecule has 29 heavy (non-hydrogen) atoms. The molecule has 0 saturated heterocycles. The Kier molecular flexibility index (Phi) is 7.89. The second-order valence-electron chi connectivity index (χ2n) is 6.27. The van der Waals surface area contributed by atoms with Crippen molar-refractivity contribution >= 4 is 17.7 Å². The number of nitrogens with one attached hydrogen (secondary N) is 1. The van der Waals surface area contributed by atoms with Crippen LogP contribution in [0.1, 0.15) is 11.4 Å². The highest BCUT2D eigenvalue weighted by atomic mass is 32.2. The first-order chi connectivity index (χ1) is 14.3. The number of rotatable bonds is 11. The van der Waals surface area contributed by atoms with Gasteiger partial charge in [-0.05, 0) is 24.1 Å². The van der Waals surface area contributed by atoms with E-state index in [1.165, 1.54) is 17.3 Å². The van der Waals surface area contributed by atoms with Gasteiger partial charge in [-0.15, -0.1) is 16.8 Å². The third kappa shape index (κ3) is 6.50. The molecule has 1 heterocycles. The largest absolute Gasteiger partial charge is 0.486 e. The lowest BCUT2D eigenvalue weighted by molar-refractivity contribution is -0.118. The summed E-state index contributed by atoms with van der Waals surface area (Å²) in [5.74, 6) is 1.72. The Hall–Kier alpha value is -3.06. The summed E-state index contributed by atoms with van der Waals surface area (Å²) in [5.41, 5.74) is 1.20. The van der Waals surface area contributed by atoms with E-state index in [1.54, 1.807) is 6.08 Å². The van der Waals surface area contributed by atoms with Gasteiger partial charge in [-0.3, -0.25) is 9.36 Å². The first kappa shape index (κ1) is 20.7. The Morgan fingerprint density at radius 2 is 1.83 bits per heavy atom. The van der Waals surface area contributed by atoms with Crippen LogP contribution in [0.3, 0.4) is 0 Å². The fraction of sp³-hybridized carbons (Fsp3) is 0.227. The lowest BCUT2D eigenvalue weighted by atomic mass is 10.1. The summed E-state index contributed by atoms with van der Waals surface area (Å²) in [6.07, 6.45) is 2.59. The first-order valence-corrected chi connectivity index (χ1v) is 10.4. The maximum Gasteiger partial charge on any atom is 0.230 e. The van der Waals surface area contributed by atoms with Crippen LogP contribution in [0.15, 0.2) is 78.5 Å². The third-order valence-corrected chi connectivity index (χ3v) is 5.09. The van der Waals surface area contributed by atoms with E-state index in [4.69, 9.17) is 4.74 Å². The Balaban J connectivity index is 1.49. The topological polar surface area (TPSA) is 69.0 Å². The van der Waals surface area contributed by atoms with Crippen molar-refractivity contribution in [2.45, 2.75) is 24.7 Å². The predicted octanol–water partition coefficient (Wildman–Crippen LogP) is 3.49. The Morgan fingerprint density at radius 1 is 1.10 bits per heavy atom. The van der Waals surface area contributed by atoms with Gasteiger partial charge in [0.25, 0.3) is 0 Å². The fourth-order valence-electron chi connectivity index (χ4n) is 2.68. The summed E-state index contributed by atoms with van der Waals surface area (Å²) in [5, 5.41) is 12.1. The van der Waals surface area contributed by atoms with Gasteiger partial charge in [0.05, 0.1) is 5.75 Å². The van der Waals surface area contributed by atoms with Crippen molar-refractivity contribution in [3.63, 3.8) is 0 Å². The summed E-state index contributed by atoms with van der Waals surface area (Å²) in [6.45, 7) is 5.26. The van der Waals surface area contributed by atoms with Crippen molar-refractivity contribution in [2.75, 3.05) is 12.3 Å². The average Bonchev–Trinajstić information content (AvgIpc) is 3.14. The molecule has 7 heteroatoms. The first-order valence-electron chi connectivity index (χ1n) is 9.40. The Labute approximate surface area is 175 Å². The van der Waals surface area contributed by atoms with Gasteiger partial charge >= 0.3 is 0 Å². The second kappa shape index (κ2) is 11.1. The highest BCUT2D eigenvalue weighted by Crippen LogP contribution is 2.18. The van der Waals surface area contributed by atoms with Crippen LogP contribution in [0.25, 0.3) is 0 Å². The van der Waals surface area contributed by atoms with Gasteiger partial charge in [0.1, 0.15) is 12.4 Å². The number of carbonyl (C=O) groups excluding carboxylic acids is 1. The van der Waals surface area contributed by atoms with Crippen LogP contribution in [-0.2, 0) is 24.4 Å². The van der Waals surface area contributed by atoms with Crippen LogP contribution in [0.2, 0.25) is 0 Å². The van der Waals surface area contributed by atoms with Gasteiger partial charge in [-0.1, -0.05) is 66.4 Å². The molecular formula is C22H24N4O2S. The minimum Gasteiger partial charge on any atom is -0.486 e. The quantitative estimate of drug-likeness (QED) is 0.388. The van der Waals surface area contributed by atoms with Crippen LogP contribution in [-0.4, -0.2) is 33.0 Å². The molecule has 0 bridgehead atoms. The monoisotopic (exact) mass is 408 g/mol. The van der Waals surface area contributed by atoms with Crippen molar-refractivity contribution in [3.05, 3.63) is 84.7 Å². The highest BCUT2D eigenvalue weighted by Gasteiger charge is 2.14. The molecule has 0 unspecified atom stereocenters. The van der Waals surface area contributed by atoms with Gasteiger partial charge in [-0.25, -0.2) is 0 Å². The van der Waals surface area contributed by atoms with Crippen LogP contribution < -0.4 is 10.1 Å². The van der Waals surface area contributed by atoms with Crippen LogP contribution in [0.5, 0.6) is 5.75 Å². The molecule has 0 saturated carbocycles. The third-order valence-electron chi connectivity index (χ3n) is 4.13. The molecule has 0 radical (unpaired) electrons. The zero-order valence-electron chi connectivity index (χ0n) is 16.2. The number of thioether (sulfide) groups is 1.